The molecule has 0 aromatic rings. The van der Waals surface area contributed by atoms with Gasteiger partial charge in [-0.3, -0.25) is 4.79 Å². The summed E-state index contributed by atoms with van der Waals surface area (Å²) >= 11 is 0. The van der Waals surface area contributed by atoms with Crippen LogP contribution in [0.4, 0.5) is 0 Å². The molecular weight excluding hydrogens is 554 g/mol. The maximum atomic E-state index is 12.3. The minimum Gasteiger partial charge on any atom is -0.394 e. The van der Waals surface area contributed by atoms with Gasteiger partial charge >= 0.3 is 0 Å². The minimum atomic E-state index is -0.661. The second-order valence-electron chi connectivity index (χ2n) is 14.1. The van der Waals surface area contributed by atoms with E-state index in [2.05, 4.69) is 31.3 Å². The summed E-state index contributed by atoms with van der Waals surface area (Å²) in [7, 11) is 0. The number of nitrogens with one attached hydrogen (secondary N) is 1. The first-order chi connectivity index (χ1) is 22.2. The summed E-state index contributed by atoms with van der Waals surface area (Å²) in [6, 6.07) is -0.539. The Hall–Kier alpha value is -0.870. The molecule has 0 saturated heterocycles. The van der Waals surface area contributed by atoms with Crippen LogP contribution in [-0.2, 0) is 4.79 Å². The first-order valence-electron chi connectivity index (χ1n) is 20.4. The molecule has 45 heavy (non-hydrogen) atoms. The SMILES string of the molecule is CCCCCCCC/C=C\CCCCCC(=O)NC(CO)C(O)CCCCCCCCCCCCCCCCCCCCCC. The fourth-order valence-electron chi connectivity index (χ4n) is 6.36. The summed E-state index contributed by atoms with van der Waals surface area (Å²) in [5.41, 5.74) is 0. The highest BCUT2D eigenvalue weighted by Crippen LogP contribution is 2.16. The van der Waals surface area contributed by atoms with Crippen molar-refractivity contribution < 1.29 is 15.0 Å². The molecule has 0 fully saturated rings. The van der Waals surface area contributed by atoms with Crippen molar-refractivity contribution in [3.05, 3.63) is 12.2 Å². The van der Waals surface area contributed by atoms with Crippen molar-refractivity contribution in [3.8, 4) is 0 Å². The van der Waals surface area contributed by atoms with Gasteiger partial charge in [-0.2, -0.15) is 0 Å². The normalized spacial score (nSPS) is 13.1. The Kier molecular flexibility index (Phi) is 36.9. The number of allylic oxidation sites excluding steroid dienone is 2. The van der Waals surface area contributed by atoms with Crippen LogP contribution < -0.4 is 5.32 Å². The average molecular weight is 636 g/mol. The summed E-state index contributed by atoms with van der Waals surface area (Å²) < 4.78 is 0. The summed E-state index contributed by atoms with van der Waals surface area (Å²) in [5.74, 6) is -0.0461. The number of unbranched alkanes of at least 4 members (excludes halogenated alkanes) is 28. The molecule has 0 aromatic carbocycles. The van der Waals surface area contributed by atoms with Crippen molar-refractivity contribution in [2.24, 2.45) is 0 Å². The van der Waals surface area contributed by atoms with Gasteiger partial charge in [-0.05, 0) is 38.5 Å². The van der Waals surface area contributed by atoms with Gasteiger partial charge in [0.15, 0.2) is 0 Å². The molecule has 1 amide bonds. The molecule has 0 spiro atoms. The summed E-state index contributed by atoms with van der Waals surface area (Å²) in [6.07, 6.45) is 45.6. The van der Waals surface area contributed by atoms with Gasteiger partial charge in [0, 0.05) is 6.42 Å². The molecule has 0 aliphatic heterocycles. The van der Waals surface area contributed by atoms with Gasteiger partial charge in [0.1, 0.15) is 0 Å². The second kappa shape index (κ2) is 37.6. The van der Waals surface area contributed by atoms with E-state index in [-0.39, 0.29) is 12.5 Å². The molecule has 0 aliphatic carbocycles. The second-order valence-corrected chi connectivity index (χ2v) is 14.1. The molecule has 0 heterocycles. The topological polar surface area (TPSA) is 69.6 Å². The summed E-state index contributed by atoms with van der Waals surface area (Å²) in [5, 5.41) is 23.1. The third kappa shape index (κ3) is 34.3. The van der Waals surface area contributed by atoms with E-state index in [0.29, 0.717) is 12.8 Å². The lowest BCUT2D eigenvalue weighted by Crippen LogP contribution is -2.45. The molecule has 0 aromatic heterocycles. The zero-order chi connectivity index (χ0) is 32.9. The molecule has 4 nitrogen and oxygen atoms in total. The van der Waals surface area contributed by atoms with Crippen LogP contribution in [0.15, 0.2) is 12.2 Å². The number of hydrogen-bond donors (Lipinski definition) is 3. The molecule has 0 rings (SSSR count). The van der Waals surface area contributed by atoms with Gasteiger partial charge < -0.3 is 15.5 Å². The minimum absolute atomic E-state index is 0.0461. The number of aliphatic hydroxyl groups is 2. The van der Waals surface area contributed by atoms with Crippen LogP contribution in [0.2, 0.25) is 0 Å². The number of carbonyl (C=O) groups excluding carboxylic acids is 1. The smallest absolute Gasteiger partial charge is 0.220 e. The van der Waals surface area contributed by atoms with Gasteiger partial charge in [0.2, 0.25) is 5.91 Å². The van der Waals surface area contributed by atoms with Gasteiger partial charge in [-0.15, -0.1) is 0 Å². The van der Waals surface area contributed by atoms with Crippen molar-refractivity contribution in [2.45, 2.75) is 238 Å². The van der Waals surface area contributed by atoms with Crippen LogP contribution in [0.1, 0.15) is 226 Å². The molecule has 0 saturated carbocycles. The molecule has 3 N–H and O–H groups in total. The zero-order valence-corrected chi connectivity index (χ0v) is 30.7. The van der Waals surface area contributed by atoms with E-state index >= 15 is 0 Å². The maximum Gasteiger partial charge on any atom is 0.220 e. The summed E-state index contributed by atoms with van der Waals surface area (Å²) in [4.78, 5) is 12.3. The largest absolute Gasteiger partial charge is 0.394 e. The van der Waals surface area contributed by atoms with Crippen LogP contribution in [0.3, 0.4) is 0 Å². The monoisotopic (exact) mass is 636 g/mol. The lowest BCUT2D eigenvalue weighted by molar-refractivity contribution is -0.123. The lowest BCUT2D eigenvalue weighted by Gasteiger charge is -2.22. The lowest BCUT2D eigenvalue weighted by atomic mass is 10.0. The molecular formula is C41H81NO3. The molecule has 4 heteroatoms. The fraction of sp³-hybridized carbons (Fsp3) is 0.927. The Bertz CT molecular complexity index is 608. The van der Waals surface area contributed by atoms with E-state index in [4.69, 9.17) is 0 Å². The van der Waals surface area contributed by atoms with Crippen LogP contribution in [0, 0.1) is 0 Å². The number of hydrogen-bond acceptors (Lipinski definition) is 3. The number of carbonyl (C=O) groups is 1. The van der Waals surface area contributed by atoms with Crippen LogP contribution in [0.5, 0.6) is 0 Å². The number of amides is 1. The van der Waals surface area contributed by atoms with E-state index in [0.717, 1.165) is 38.5 Å². The van der Waals surface area contributed by atoms with Gasteiger partial charge in [0.25, 0.3) is 0 Å². The van der Waals surface area contributed by atoms with Crippen LogP contribution >= 0.6 is 0 Å². The quantitative estimate of drug-likeness (QED) is 0.0470. The van der Waals surface area contributed by atoms with Gasteiger partial charge in [-0.25, -0.2) is 0 Å². The van der Waals surface area contributed by atoms with Crippen LogP contribution in [-0.4, -0.2) is 34.9 Å². The van der Waals surface area contributed by atoms with Gasteiger partial charge in [-0.1, -0.05) is 193 Å². The zero-order valence-electron chi connectivity index (χ0n) is 30.7. The highest BCUT2D eigenvalue weighted by atomic mass is 16.3. The maximum absolute atomic E-state index is 12.3. The van der Waals surface area contributed by atoms with E-state index in [1.165, 1.54) is 161 Å². The first kappa shape index (κ1) is 44.1. The Balaban J connectivity index is 3.51. The van der Waals surface area contributed by atoms with E-state index in [9.17, 15) is 15.0 Å². The Morgan fingerprint density at radius 1 is 0.511 bits per heavy atom. The van der Waals surface area contributed by atoms with Crippen molar-refractivity contribution in [1.29, 1.82) is 0 Å². The molecule has 0 aliphatic rings. The molecule has 2 atom stereocenters. The predicted octanol–water partition coefficient (Wildman–Crippen LogP) is 12.3. The van der Waals surface area contributed by atoms with E-state index < -0.39 is 12.1 Å². The van der Waals surface area contributed by atoms with Crippen molar-refractivity contribution >= 4 is 5.91 Å². The summed E-state index contributed by atoms with van der Waals surface area (Å²) in [6.45, 7) is 4.35. The Labute approximate surface area is 282 Å². The standard InChI is InChI=1S/C41H81NO3/c1-3-5-7-9-11-13-15-17-18-19-20-21-22-23-25-26-28-30-32-34-36-40(44)39(38-43)42-41(45)37-35-33-31-29-27-24-16-14-12-10-8-6-4-2/h24,27,39-40,43-44H,3-23,25-26,28-38H2,1-2H3,(H,42,45)/b27-24-. The molecule has 0 radical (unpaired) electrons. The fourth-order valence-corrected chi connectivity index (χ4v) is 6.36. The third-order valence-electron chi connectivity index (χ3n) is 9.53. The van der Waals surface area contributed by atoms with E-state index in [1.54, 1.807) is 0 Å². The Morgan fingerprint density at radius 2 is 0.844 bits per heavy atom. The van der Waals surface area contributed by atoms with Crippen molar-refractivity contribution in [1.82, 2.24) is 5.32 Å². The van der Waals surface area contributed by atoms with Crippen molar-refractivity contribution in [2.75, 3.05) is 6.61 Å². The number of rotatable bonds is 37. The predicted molar refractivity (Wildman–Crippen MR) is 198 cm³/mol. The average Bonchev–Trinajstić information content (AvgIpc) is 3.04. The first-order valence-corrected chi connectivity index (χ1v) is 20.4. The van der Waals surface area contributed by atoms with Crippen molar-refractivity contribution in [3.63, 3.8) is 0 Å². The molecule has 268 valence electrons. The van der Waals surface area contributed by atoms with E-state index in [1.807, 2.05) is 0 Å². The highest BCUT2D eigenvalue weighted by molar-refractivity contribution is 5.76. The third-order valence-corrected chi connectivity index (χ3v) is 9.53. The molecule has 2 unspecified atom stereocenters. The number of aliphatic hydroxyl groups excluding tert-OH is 2. The molecule has 0 bridgehead atoms. The van der Waals surface area contributed by atoms with Gasteiger partial charge in [0.05, 0.1) is 18.8 Å². The highest BCUT2D eigenvalue weighted by Gasteiger charge is 2.19. The van der Waals surface area contributed by atoms with Crippen LogP contribution in [0.25, 0.3) is 0 Å². The Morgan fingerprint density at radius 3 is 1.22 bits per heavy atom.